The van der Waals surface area contributed by atoms with Gasteiger partial charge in [0.2, 0.25) is 41.4 Å². The highest BCUT2D eigenvalue weighted by molar-refractivity contribution is 5.99. The highest BCUT2D eigenvalue weighted by Gasteiger charge is 2.34. The number of benzene rings is 1. The summed E-state index contributed by atoms with van der Waals surface area (Å²) < 4.78 is 0. The summed E-state index contributed by atoms with van der Waals surface area (Å²) in [6.07, 6.45) is -2.80. The number of hydrogen-bond donors (Lipinski definition) is 13. The van der Waals surface area contributed by atoms with Crippen molar-refractivity contribution in [1.29, 1.82) is 5.41 Å². The van der Waals surface area contributed by atoms with E-state index in [0.717, 1.165) is 0 Å². The SMILES string of the molecule is N=C(N)NCCC[C@H](NC(=O)[C@H](CC(N)=O)NC(=O)[C@H](Cc1ccccc1)NC(=O)[C@H](CC(N)=O)NC(=O)[C@H](CC(=O)O)NC(=O)CN)C(=O)O. The molecule has 17 N–H and O–H groups in total. The van der Waals surface area contributed by atoms with Crippen LogP contribution in [0.15, 0.2) is 30.3 Å². The van der Waals surface area contributed by atoms with E-state index in [0.29, 0.717) is 5.56 Å². The van der Waals surface area contributed by atoms with Gasteiger partial charge in [0.1, 0.15) is 30.2 Å². The highest BCUT2D eigenvalue weighted by atomic mass is 16.4. The van der Waals surface area contributed by atoms with Crippen molar-refractivity contribution in [3.05, 3.63) is 35.9 Å². The summed E-state index contributed by atoms with van der Waals surface area (Å²) in [5, 5.41) is 39.4. The summed E-state index contributed by atoms with van der Waals surface area (Å²) in [6.45, 7) is -0.494. The van der Waals surface area contributed by atoms with E-state index in [4.69, 9.17) is 28.3 Å². The van der Waals surface area contributed by atoms with Crippen molar-refractivity contribution in [1.82, 2.24) is 31.9 Å². The molecule has 0 unspecified atom stereocenters. The Morgan fingerprint density at radius 2 is 1.10 bits per heavy atom. The molecule has 280 valence electrons. The Bertz CT molecular complexity index is 1460. The summed E-state index contributed by atoms with van der Waals surface area (Å²) in [5.74, 6) is -10.9. The van der Waals surface area contributed by atoms with Crippen LogP contribution in [0.2, 0.25) is 0 Å². The van der Waals surface area contributed by atoms with Gasteiger partial charge < -0.3 is 65.0 Å². The van der Waals surface area contributed by atoms with E-state index in [2.05, 4.69) is 31.9 Å². The number of aliphatic carboxylic acids is 2. The molecule has 0 aliphatic carbocycles. The molecule has 0 saturated heterocycles. The summed E-state index contributed by atoms with van der Waals surface area (Å²) in [6, 6.07) is -0.269. The molecule has 1 rings (SSSR count). The minimum Gasteiger partial charge on any atom is -0.481 e. The minimum atomic E-state index is -1.80. The highest BCUT2D eigenvalue weighted by Crippen LogP contribution is 2.07. The number of hydrogen-bond acceptors (Lipinski definition) is 11. The molecule has 0 radical (unpaired) electrons. The van der Waals surface area contributed by atoms with E-state index >= 15 is 0 Å². The number of primary amides is 2. The van der Waals surface area contributed by atoms with Crippen LogP contribution in [-0.4, -0.2) is 113 Å². The van der Waals surface area contributed by atoms with E-state index in [1.165, 1.54) is 0 Å². The van der Waals surface area contributed by atoms with Crippen molar-refractivity contribution in [2.75, 3.05) is 13.1 Å². The van der Waals surface area contributed by atoms with Crippen LogP contribution in [0, 0.1) is 5.41 Å². The molecule has 0 aromatic heterocycles. The second-order valence-electron chi connectivity index (χ2n) is 11.0. The van der Waals surface area contributed by atoms with Crippen molar-refractivity contribution in [2.24, 2.45) is 22.9 Å². The molecule has 0 fully saturated rings. The van der Waals surface area contributed by atoms with Crippen molar-refractivity contribution in [3.63, 3.8) is 0 Å². The van der Waals surface area contributed by atoms with Crippen LogP contribution in [0.25, 0.3) is 0 Å². The lowest BCUT2D eigenvalue weighted by molar-refractivity contribution is -0.143. The normalized spacial score (nSPS) is 13.4. The van der Waals surface area contributed by atoms with Gasteiger partial charge in [0, 0.05) is 13.0 Å². The van der Waals surface area contributed by atoms with Gasteiger partial charge in [-0.05, 0) is 18.4 Å². The molecule has 22 nitrogen and oxygen atoms in total. The lowest BCUT2D eigenvalue weighted by Crippen LogP contribution is -2.60. The number of carbonyl (C=O) groups is 9. The number of nitrogens with one attached hydrogen (secondary N) is 7. The Balaban J connectivity index is 3.33. The minimum absolute atomic E-state index is 0.108. The Kier molecular flexibility index (Phi) is 18.1. The van der Waals surface area contributed by atoms with E-state index in [1.54, 1.807) is 30.3 Å². The van der Waals surface area contributed by atoms with Gasteiger partial charge in [-0.15, -0.1) is 0 Å². The number of carbonyl (C=O) groups excluding carboxylic acids is 7. The standard InChI is InChI=1S/C29H43N11O11/c30-13-22(43)36-19(12-23(44)45)27(49)40-18(11-21(32)42)26(48)38-16(9-14-5-2-1-3-6-14)24(46)39-17(10-20(31)41)25(47)37-15(28(50)51)7-4-8-35-29(33)34/h1-3,5-6,15-19H,4,7-13,30H2,(H2,31,41)(H2,32,42)(H,36,43)(H,37,47)(H,38,48)(H,39,46)(H,40,49)(H,44,45)(H,50,51)(H4,33,34,35)/t15-,16-,17-,18-,19-/m0/s1. The zero-order valence-corrected chi connectivity index (χ0v) is 27.3. The number of carboxylic acid groups (broad SMARTS) is 2. The summed E-state index contributed by atoms with van der Waals surface area (Å²) in [5.41, 5.74) is 21.4. The van der Waals surface area contributed by atoms with E-state index in [-0.39, 0.29) is 31.8 Å². The van der Waals surface area contributed by atoms with E-state index in [9.17, 15) is 53.4 Å². The van der Waals surface area contributed by atoms with Crippen LogP contribution in [-0.2, 0) is 49.6 Å². The molecule has 0 spiro atoms. The maximum Gasteiger partial charge on any atom is 0.326 e. The molecule has 0 aliphatic heterocycles. The second-order valence-corrected chi connectivity index (χ2v) is 11.0. The Hall–Kier alpha value is -6.32. The molecule has 0 bridgehead atoms. The fourth-order valence-electron chi connectivity index (χ4n) is 4.39. The van der Waals surface area contributed by atoms with E-state index in [1.807, 2.05) is 0 Å². The third kappa shape index (κ3) is 17.1. The van der Waals surface area contributed by atoms with Crippen LogP contribution in [0.4, 0.5) is 0 Å². The number of nitrogens with two attached hydrogens (primary N) is 4. The Morgan fingerprint density at radius 1 is 0.647 bits per heavy atom. The summed E-state index contributed by atoms with van der Waals surface area (Å²) >= 11 is 0. The first-order valence-corrected chi connectivity index (χ1v) is 15.3. The molecular formula is C29H43N11O11. The van der Waals surface area contributed by atoms with Crippen LogP contribution >= 0.6 is 0 Å². The maximum atomic E-state index is 13.6. The predicted molar refractivity (Wildman–Crippen MR) is 176 cm³/mol. The van der Waals surface area contributed by atoms with Crippen LogP contribution < -0.4 is 54.8 Å². The third-order valence-corrected chi connectivity index (χ3v) is 6.81. The quantitative estimate of drug-likeness (QED) is 0.0284. The van der Waals surface area contributed by atoms with Crippen molar-refractivity contribution < 1.29 is 53.4 Å². The van der Waals surface area contributed by atoms with Gasteiger partial charge in [-0.1, -0.05) is 30.3 Å². The lowest BCUT2D eigenvalue weighted by atomic mass is 10.0. The average molecular weight is 722 g/mol. The van der Waals surface area contributed by atoms with Crippen molar-refractivity contribution in [2.45, 2.75) is 68.7 Å². The molecule has 51 heavy (non-hydrogen) atoms. The van der Waals surface area contributed by atoms with Gasteiger partial charge in [0.05, 0.1) is 25.8 Å². The molecule has 7 amide bonds. The fourth-order valence-corrected chi connectivity index (χ4v) is 4.39. The van der Waals surface area contributed by atoms with Gasteiger partial charge in [0.15, 0.2) is 5.96 Å². The Morgan fingerprint density at radius 3 is 1.53 bits per heavy atom. The summed E-state index contributed by atoms with van der Waals surface area (Å²) in [4.78, 5) is 112. The van der Waals surface area contributed by atoms with Crippen LogP contribution in [0.5, 0.6) is 0 Å². The van der Waals surface area contributed by atoms with Gasteiger partial charge in [-0.25, -0.2) is 4.79 Å². The zero-order valence-electron chi connectivity index (χ0n) is 27.3. The molecule has 0 aliphatic rings. The second kappa shape index (κ2) is 21.6. The van der Waals surface area contributed by atoms with Gasteiger partial charge in [0.25, 0.3) is 0 Å². The number of amides is 7. The van der Waals surface area contributed by atoms with Gasteiger partial charge >= 0.3 is 11.9 Å². The molecule has 5 atom stereocenters. The molecule has 22 heteroatoms. The third-order valence-electron chi connectivity index (χ3n) is 6.81. The molecular weight excluding hydrogens is 678 g/mol. The van der Waals surface area contributed by atoms with Crippen LogP contribution in [0.1, 0.15) is 37.7 Å². The Labute approximate surface area is 290 Å². The average Bonchev–Trinajstić information content (AvgIpc) is 3.04. The molecule has 1 aromatic rings. The lowest BCUT2D eigenvalue weighted by Gasteiger charge is -2.26. The summed E-state index contributed by atoms with van der Waals surface area (Å²) in [7, 11) is 0. The first-order chi connectivity index (χ1) is 23.9. The molecule has 0 heterocycles. The topological polar surface area (TPSA) is 394 Å². The zero-order chi connectivity index (χ0) is 38.7. The fraction of sp³-hybridized carbons (Fsp3) is 0.448. The number of carboxylic acids is 2. The first-order valence-electron chi connectivity index (χ1n) is 15.3. The largest absolute Gasteiger partial charge is 0.481 e. The van der Waals surface area contributed by atoms with E-state index < -0.39 is 109 Å². The van der Waals surface area contributed by atoms with Gasteiger partial charge in [-0.2, -0.15) is 0 Å². The first kappa shape index (κ1) is 42.7. The number of guanidine groups is 1. The maximum absolute atomic E-state index is 13.6. The van der Waals surface area contributed by atoms with Crippen molar-refractivity contribution >= 4 is 59.2 Å². The number of rotatable bonds is 23. The van der Waals surface area contributed by atoms with Crippen molar-refractivity contribution in [3.8, 4) is 0 Å². The van der Waals surface area contributed by atoms with Crippen LogP contribution in [0.3, 0.4) is 0 Å². The monoisotopic (exact) mass is 721 g/mol. The molecule has 0 saturated carbocycles. The predicted octanol–water partition coefficient (Wildman–Crippen LogP) is -5.81. The van der Waals surface area contributed by atoms with Gasteiger partial charge in [-0.3, -0.25) is 43.8 Å². The smallest absolute Gasteiger partial charge is 0.326 e. The molecule has 1 aromatic carbocycles.